The molecule has 144 valence electrons. The fraction of sp³-hybridized carbons (Fsp3) is 0.500. The molecule has 0 aromatic carbocycles. The van der Waals surface area contributed by atoms with Crippen LogP contribution in [-0.2, 0) is 19.1 Å². The predicted octanol–water partition coefficient (Wildman–Crippen LogP) is -2.28. The summed E-state index contributed by atoms with van der Waals surface area (Å²) in [6, 6.07) is 0. The van der Waals surface area contributed by atoms with Crippen molar-refractivity contribution in [3.63, 3.8) is 0 Å². The second-order valence-corrected chi connectivity index (χ2v) is 6.36. The second-order valence-electron chi connectivity index (χ2n) is 6.36. The van der Waals surface area contributed by atoms with Crippen LogP contribution in [0.4, 0.5) is 5.82 Å². The van der Waals surface area contributed by atoms with E-state index >= 15 is 0 Å². The lowest BCUT2D eigenvalue weighted by molar-refractivity contribution is -0.190. The van der Waals surface area contributed by atoms with Crippen molar-refractivity contribution in [1.82, 2.24) is 19.5 Å². The highest BCUT2D eigenvalue weighted by Crippen LogP contribution is 2.45. The maximum Gasteiger partial charge on any atom is 0.339 e. The van der Waals surface area contributed by atoms with Crippen LogP contribution in [0.3, 0.4) is 0 Å². The molecule has 13 heteroatoms. The van der Waals surface area contributed by atoms with Crippen molar-refractivity contribution >= 4 is 28.9 Å². The van der Waals surface area contributed by atoms with Crippen LogP contribution in [0.5, 0.6) is 0 Å². The molecule has 2 aliphatic heterocycles. The van der Waals surface area contributed by atoms with Gasteiger partial charge in [-0.3, -0.25) is 9.36 Å². The van der Waals surface area contributed by atoms with E-state index in [0.717, 1.165) is 0 Å². The van der Waals surface area contributed by atoms with Gasteiger partial charge in [-0.2, -0.15) is 0 Å². The van der Waals surface area contributed by atoms with Crippen LogP contribution < -0.4 is 5.73 Å². The molecule has 0 amide bonds. The van der Waals surface area contributed by atoms with Gasteiger partial charge in [0.15, 0.2) is 17.7 Å². The van der Waals surface area contributed by atoms with Crippen LogP contribution in [0, 0.1) is 0 Å². The third kappa shape index (κ3) is 2.36. The summed E-state index contributed by atoms with van der Waals surface area (Å²) in [4.78, 5) is 34.5. The minimum atomic E-state index is -2.42. The molecule has 27 heavy (non-hydrogen) atoms. The summed E-state index contributed by atoms with van der Waals surface area (Å²) in [6.45, 7) is 0. The van der Waals surface area contributed by atoms with Crippen LogP contribution in [0.15, 0.2) is 12.7 Å². The third-order valence-electron chi connectivity index (χ3n) is 4.82. The van der Waals surface area contributed by atoms with Gasteiger partial charge in [0.2, 0.25) is 5.60 Å². The smallest absolute Gasteiger partial charge is 0.339 e. The van der Waals surface area contributed by atoms with Crippen molar-refractivity contribution in [2.24, 2.45) is 0 Å². The van der Waals surface area contributed by atoms with E-state index in [1.165, 1.54) is 17.2 Å². The SMILES string of the molecule is Nc1ncnc2c1ncn2[C@@H]1O[C@H]2[C@H](O[C@@](CC(=O)O)(C(=O)O)[C@H]2O)[C@H]1O. The van der Waals surface area contributed by atoms with Gasteiger partial charge in [0.25, 0.3) is 0 Å². The summed E-state index contributed by atoms with van der Waals surface area (Å²) in [7, 11) is 0. The van der Waals surface area contributed by atoms with E-state index in [2.05, 4.69) is 15.0 Å². The Labute approximate surface area is 150 Å². The number of imidazole rings is 1. The van der Waals surface area contributed by atoms with Crippen molar-refractivity contribution in [3.8, 4) is 0 Å². The first kappa shape index (κ1) is 17.5. The number of carbonyl (C=O) groups is 2. The van der Waals surface area contributed by atoms with Crippen molar-refractivity contribution in [2.75, 3.05) is 5.73 Å². The Morgan fingerprint density at radius 2 is 1.96 bits per heavy atom. The van der Waals surface area contributed by atoms with E-state index in [1.807, 2.05) is 0 Å². The highest BCUT2D eigenvalue weighted by molar-refractivity contribution is 5.85. The Bertz CT molecular complexity index is 933. The fourth-order valence-corrected chi connectivity index (χ4v) is 3.55. The van der Waals surface area contributed by atoms with Gasteiger partial charge < -0.3 is 35.6 Å². The summed E-state index contributed by atoms with van der Waals surface area (Å²) in [6.07, 6.45) is -5.36. The third-order valence-corrected chi connectivity index (χ3v) is 4.82. The molecule has 2 aromatic rings. The average molecular weight is 381 g/mol. The van der Waals surface area contributed by atoms with E-state index in [1.54, 1.807) is 0 Å². The van der Waals surface area contributed by atoms with Crippen molar-refractivity contribution < 1.29 is 39.5 Å². The summed E-state index contributed by atoms with van der Waals surface area (Å²) >= 11 is 0. The van der Waals surface area contributed by atoms with Crippen LogP contribution >= 0.6 is 0 Å². The highest BCUT2D eigenvalue weighted by atomic mass is 16.6. The Morgan fingerprint density at radius 1 is 1.22 bits per heavy atom. The number of carboxylic acid groups (broad SMARTS) is 2. The van der Waals surface area contributed by atoms with Gasteiger partial charge in [0.1, 0.15) is 36.3 Å². The van der Waals surface area contributed by atoms with Crippen LogP contribution in [0.1, 0.15) is 12.6 Å². The van der Waals surface area contributed by atoms with E-state index < -0.39 is 54.6 Å². The molecule has 6 atom stereocenters. The van der Waals surface area contributed by atoms with Gasteiger partial charge in [-0.1, -0.05) is 0 Å². The second kappa shape index (κ2) is 5.82. The zero-order valence-corrected chi connectivity index (χ0v) is 13.5. The Balaban J connectivity index is 1.67. The lowest BCUT2D eigenvalue weighted by atomic mass is 9.91. The molecular formula is C14H15N5O8. The van der Waals surface area contributed by atoms with Gasteiger partial charge in [-0.15, -0.1) is 0 Å². The van der Waals surface area contributed by atoms with Crippen molar-refractivity contribution in [1.29, 1.82) is 0 Å². The Kier molecular flexibility index (Phi) is 3.78. The van der Waals surface area contributed by atoms with E-state index in [9.17, 15) is 24.9 Å². The number of aliphatic carboxylic acids is 2. The largest absolute Gasteiger partial charge is 0.481 e. The molecule has 0 aliphatic carbocycles. The van der Waals surface area contributed by atoms with Gasteiger partial charge >= 0.3 is 11.9 Å². The average Bonchev–Trinajstić information content (AvgIpc) is 3.23. The number of aliphatic hydroxyl groups is 2. The number of fused-ring (bicyclic) bond motifs is 2. The maximum atomic E-state index is 11.6. The normalized spacial score (nSPS) is 35.4. The van der Waals surface area contributed by atoms with Crippen LogP contribution in [0.2, 0.25) is 0 Å². The molecule has 2 aromatic heterocycles. The first-order valence-corrected chi connectivity index (χ1v) is 7.84. The molecule has 2 fully saturated rings. The number of nitrogens with two attached hydrogens (primary N) is 1. The highest BCUT2D eigenvalue weighted by Gasteiger charge is 2.66. The van der Waals surface area contributed by atoms with E-state index in [-0.39, 0.29) is 17.0 Å². The number of ether oxygens (including phenoxy) is 2. The van der Waals surface area contributed by atoms with Gasteiger partial charge in [0, 0.05) is 0 Å². The number of hydrogen-bond acceptors (Lipinski definition) is 10. The summed E-state index contributed by atoms with van der Waals surface area (Å²) in [5.74, 6) is -3.02. The van der Waals surface area contributed by atoms with Crippen molar-refractivity contribution in [3.05, 3.63) is 12.7 Å². The molecule has 0 saturated carbocycles. The number of rotatable bonds is 4. The minimum Gasteiger partial charge on any atom is -0.481 e. The van der Waals surface area contributed by atoms with Crippen LogP contribution in [-0.4, -0.2) is 81.9 Å². The van der Waals surface area contributed by atoms with Gasteiger partial charge in [0.05, 0.1) is 12.7 Å². The molecule has 0 spiro atoms. The number of carboxylic acids is 2. The number of hydrogen-bond donors (Lipinski definition) is 5. The first-order chi connectivity index (χ1) is 12.8. The lowest BCUT2D eigenvalue weighted by Gasteiger charge is -2.29. The van der Waals surface area contributed by atoms with Gasteiger partial charge in [-0.05, 0) is 0 Å². The molecule has 2 saturated heterocycles. The summed E-state index contributed by atoms with van der Waals surface area (Å²) < 4.78 is 12.3. The number of nitrogen functional groups attached to an aromatic ring is 1. The predicted molar refractivity (Wildman–Crippen MR) is 83.2 cm³/mol. The summed E-state index contributed by atoms with van der Waals surface area (Å²) in [5.41, 5.74) is 3.83. The Hall–Kier alpha value is -2.87. The molecule has 0 unspecified atom stereocenters. The molecule has 4 heterocycles. The monoisotopic (exact) mass is 381 g/mol. The van der Waals surface area contributed by atoms with Gasteiger partial charge in [-0.25, -0.2) is 19.7 Å². The number of anilines is 1. The maximum absolute atomic E-state index is 11.6. The Morgan fingerprint density at radius 3 is 2.59 bits per heavy atom. The topological polar surface area (TPSA) is 203 Å². The molecular weight excluding hydrogens is 366 g/mol. The minimum absolute atomic E-state index is 0.120. The number of aliphatic hydroxyl groups excluding tert-OH is 2. The lowest BCUT2D eigenvalue weighted by Crippen LogP contribution is -2.52. The fourth-order valence-electron chi connectivity index (χ4n) is 3.55. The number of aromatic nitrogens is 4. The molecule has 13 nitrogen and oxygen atoms in total. The molecule has 4 rings (SSSR count). The van der Waals surface area contributed by atoms with E-state index in [0.29, 0.717) is 0 Å². The standard InChI is InChI=1S/C14H15N5O8/c15-10-5-11(17-2-16-10)19(3-18-5)12-6(22)7-8(26-12)9(23)14(27-7,13(24)25)1-4(20)21/h2-3,6-9,12,22-23H,1H2,(H,20,21)(H,24,25)(H2,15,16,17)/t6-,7-,8+,9+,12-,14-/m1/s1. The zero-order valence-electron chi connectivity index (χ0n) is 13.5. The van der Waals surface area contributed by atoms with Crippen LogP contribution in [0.25, 0.3) is 11.2 Å². The summed E-state index contributed by atoms with van der Waals surface area (Å²) in [5, 5.41) is 39.4. The van der Waals surface area contributed by atoms with E-state index in [4.69, 9.17) is 20.3 Å². The first-order valence-electron chi connectivity index (χ1n) is 7.84. The zero-order chi connectivity index (χ0) is 19.5. The van der Waals surface area contributed by atoms with Crippen molar-refractivity contribution in [2.45, 2.75) is 42.7 Å². The number of nitrogens with zero attached hydrogens (tertiary/aromatic N) is 4. The molecule has 6 N–H and O–H groups in total. The quantitative estimate of drug-likeness (QED) is 0.380. The molecule has 2 aliphatic rings. The molecule has 0 radical (unpaired) electrons. The molecule has 0 bridgehead atoms.